The van der Waals surface area contributed by atoms with Crippen LogP contribution in [0.4, 0.5) is 0 Å². The Morgan fingerprint density at radius 2 is 1.93 bits per heavy atom. The van der Waals surface area contributed by atoms with Gasteiger partial charge in [0.05, 0.1) is 23.7 Å². The first kappa shape index (κ1) is 18.7. The lowest BCUT2D eigenvalue weighted by Crippen LogP contribution is -2.11. The molecule has 0 amide bonds. The van der Waals surface area contributed by atoms with E-state index in [9.17, 15) is 0 Å². The van der Waals surface area contributed by atoms with Crippen LogP contribution >= 0.6 is 0 Å². The SMILES string of the molecule is CCc1cc(OCc2ccc3ccccc3n2)ccc1OCCCC(=N)N. The largest absolute Gasteiger partial charge is 0.493 e. The second-order valence-corrected chi connectivity index (χ2v) is 6.38. The van der Waals surface area contributed by atoms with Gasteiger partial charge in [0.2, 0.25) is 0 Å². The van der Waals surface area contributed by atoms with Crippen LogP contribution in [-0.2, 0) is 13.0 Å². The maximum atomic E-state index is 7.25. The third kappa shape index (κ3) is 5.20. The number of fused-ring (bicyclic) bond motifs is 1. The molecule has 2 aromatic carbocycles. The maximum absolute atomic E-state index is 7.25. The Morgan fingerprint density at radius 3 is 2.74 bits per heavy atom. The van der Waals surface area contributed by atoms with E-state index in [2.05, 4.69) is 24.0 Å². The number of pyridine rings is 1. The van der Waals surface area contributed by atoms with E-state index < -0.39 is 0 Å². The molecule has 0 bridgehead atoms. The highest BCUT2D eigenvalue weighted by Gasteiger charge is 2.06. The topological polar surface area (TPSA) is 81.2 Å². The molecule has 1 aromatic heterocycles. The zero-order valence-electron chi connectivity index (χ0n) is 15.6. The van der Waals surface area contributed by atoms with Crippen LogP contribution in [0.1, 0.15) is 31.0 Å². The second-order valence-electron chi connectivity index (χ2n) is 6.38. The van der Waals surface area contributed by atoms with Crippen molar-refractivity contribution >= 4 is 16.7 Å². The van der Waals surface area contributed by atoms with Crippen molar-refractivity contribution in [3.05, 3.63) is 65.9 Å². The molecule has 0 saturated heterocycles. The summed E-state index contributed by atoms with van der Waals surface area (Å²) in [6.07, 6.45) is 2.15. The van der Waals surface area contributed by atoms with Gasteiger partial charge >= 0.3 is 0 Å². The van der Waals surface area contributed by atoms with E-state index in [-0.39, 0.29) is 5.84 Å². The fourth-order valence-corrected chi connectivity index (χ4v) is 2.85. The molecule has 3 aromatic rings. The van der Waals surface area contributed by atoms with Crippen molar-refractivity contribution in [3.63, 3.8) is 0 Å². The minimum atomic E-state index is 0.195. The molecule has 0 aliphatic heterocycles. The Hall–Kier alpha value is -3.08. The van der Waals surface area contributed by atoms with E-state index in [0.29, 0.717) is 19.6 Å². The van der Waals surface area contributed by atoms with Crippen molar-refractivity contribution < 1.29 is 9.47 Å². The van der Waals surface area contributed by atoms with Gasteiger partial charge in [-0.25, -0.2) is 4.98 Å². The Kier molecular flexibility index (Phi) is 6.26. The lowest BCUT2D eigenvalue weighted by Gasteiger charge is -2.13. The van der Waals surface area contributed by atoms with Crippen LogP contribution in [0.25, 0.3) is 10.9 Å². The van der Waals surface area contributed by atoms with Crippen LogP contribution in [0.3, 0.4) is 0 Å². The van der Waals surface area contributed by atoms with Crippen LogP contribution in [0.5, 0.6) is 11.5 Å². The number of benzene rings is 2. The second kappa shape index (κ2) is 9.03. The molecule has 3 rings (SSSR count). The number of rotatable bonds is 9. The van der Waals surface area contributed by atoms with Gasteiger partial charge in [-0.05, 0) is 48.7 Å². The van der Waals surface area contributed by atoms with Gasteiger partial charge < -0.3 is 15.2 Å². The van der Waals surface area contributed by atoms with Crippen molar-refractivity contribution in [2.75, 3.05) is 6.61 Å². The third-order valence-corrected chi connectivity index (χ3v) is 4.30. The minimum Gasteiger partial charge on any atom is -0.493 e. The number of nitrogens with two attached hydrogens (primary N) is 1. The minimum absolute atomic E-state index is 0.195. The molecule has 0 unspecified atom stereocenters. The Labute approximate surface area is 159 Å². The number of aryl methyl sites for hydroxylation is 1. The van der Waals surface area contributed by atoms with E-state index >= 15 is 0 Å². The molecule has 0 aliphatic carbocycles. The number of hydrogen-bond acceptors (Lipinski definition) is 4. The number of nitrogens with one attached hydrogen (secondary N) is 1. The van der Waals surface area contributed by atoms with Crippen LogP contribution < -0.4 is 15.2 Å². The van der Waals surface area contributed by atoms with Crippen molar-refractivity contribution in [2.24, 2.45) is 5.73 Å². The Bertz CT molecular complexity index is 924. The van der Waals surface area contributed by atoms with Crippen molar-refractivity contribution in [1.29, 1.82) is 5.41 Å². The smallest absolute Gasteiger partial charge is 0.130 e. The summed E-state index contributed by atoms with van der Waals surface area (Å²) in [5.74, 6) is 1.86. The van der Waals surface area contributed by atoms with Gasteiger partial charge in [-0.15, -0.1) is 0 Å². The first-order chi connectivity index (χ1) is 13.2. The molecule has 0 saturated carbocycles. The number of hydrogen-bond donors (Lipinski definition) is 2. The molecule has 0 aliphatic rings. The van der Waals surface area contributed by atoms with Gasteiger partial charge in [-0.1, -0.05) is 31.2 Å². The molecule has 140 valence electrons. The lowest BCUT2D eigenvalue weighted by atomic mass is 10.1. The normalized spacial score (nSPS) is 10.7. The Balaban J connectivity index is 1.61. The van der Waals surface area contributed by atoms with E-state index in [1.54, 1.807) is 0 Å². The van der Waals surface area contributed by atoms with Crippen LogP contribution in [0.2, 0.25) is 0 Å². The number of amidine groups is 1. The fourth-order valence-electron chi connectivity index (χ4n) is 2.85. The predicted molar refractivity (Wildman–Crippen MR) is 109 cm³/mol. The number of aromatic nitrogens is 1. The van der Waals surface area contributed by atoms with E-state index in [1.165, 1.54) is 0 Å². The number of nitrogens with zero attached hydrogens (tertiary/aromatic N) is 1. The van der Waals surface area contributed by atoms with Gasteiger partial charge in [-0.3, -0.25) is 5.41 Å². The van der Waals surface area contributed by atoms with Crippen molar-refractivity contribution in [3.8, 4) is 11.5 Å². The first-order valence-corrected chi connectivity index (χ1v) is 9.22. The molecule has 0 radical (unpaired) electrons. The van der Waals surface area contributed by atoms with Gasteiger partial charge in [0.25, 0.3) is 0 Å². The van der Waals surface area contributed by atoms with Crippen molar-refractivity contribution in [2.45, 2.75) is 32.8 Å². The molecule has 5 heteroatoms. The summed E-state index contributed by atoms with van der Waals surface area (Å²) in [5.41, 5.74) is 8.34. The van der Waals surface area contributed by atoms with Gasteiger partial charge in [0.15, 0.2) is 0 Å². The molecular formula is C22H25N3O2. The summed E-state index contributed by atoms with van der Waals surface area (Å²) in [5, 5.41) is 8.37. The summed E-state index contributed by atoms with van der Waals surface area (Å²) in [4.78, 5) is 4.64. The molecule has 0 fully saturated rings. The highest BCUT2D eigenvalue weighted by molar-refractivity contribution is 5.78. The molecule has 0 spiro atoms. The summed E-state index contributed by atoms with van der Waals surface area (Å²) in [7, 11) is 0. The average Bonchev–Trinajstić information content (AvgIpc) is 2.69. The zero-order chi connectivity index (χ0) is 19.1. The van der Waals surface area contributed by atoms with Crippen LogP contribution in [0, 0.1) is 5.41 Å². The highest BCUT2D eigenvalue weighted by Crippen LogP contribution is 2.26. The lowest BCUT2D eigenvalue weighted by molar-refractivity contribution is 0.295. The number of para-hydroxylation sites is 1. The highest BCUT2D eigenvalue weighted by atomic mass is 16.5. The first-order valence-electron chi connectivity index (χ1n) is 9.22. The number of ether oxygens (including phenoxy) is 2. The van der Waals surface area contributed by atoms with Gasteiger partial charge in [-0.2, -0.15) is 0 Å². The van der Waals surface area contributed by atoms with Gasteiger partial charge in [0.1, 0.15) is 18.1 Å². The van der Waals surface area contributed by atoms with Crippen LogP contribution in [-0.4, -0.2) is 17.4 Å². The standard InChI is InChI=1S/C22H25N3O2/c1-2-16-14-19(11-12-21(16)26-13-5-8-22(23)24)27-15-18-10-9-17-6-3-4-7-20(17)25-18/h3-4,6-7,9-12,14H,2,5,8,13,15H2,1H3,(H3,23,24). The summed E-state index contributed by atoms with van der Waals surface area (Å²) in [6.45, 7) is 3.06. The summed E-state index contributed by atoms with van der Waals surface area (Å²) in [6, 6.07) is 18.0. The third-order valence-electron chi connectivity index (χ3n) is 4.30. The molecule has 0 atom stereocenters. The fraction of sp³-hybridized carbons (Fsp3) is 0.273. The summed E-state index contributed by atoms with van der Waals surface area (Å²) < 4.78 is 11.8. The quantitative estimate of drug-likeness (QED) is 0.334. The molecular weight excluding hydrogens is 338 g/mol. The zero-order valence-corrected chi connectivity index (χ0v) is 15.6. The molecule has 5 nitrogen and oxygen atoms in total. The van der Waals surface area contributed by atoms with E-state index in [4.69, 9.17) is 20.6 Å². The van der Waals surface area contributed by atoms with Crippen LogP contribution in [0.15, 0.2) is 54.6 Å². The Morgan fingerprint density at radius 1 is 1.07 bits per heavy atom. The molecule has 1 heterocycles. The van der Waals surface area contributed by atoms with Gasteiger partial charge in [0, 0.05) is 11.8 Å². The summed E-state index contributed by atoms with van der Waals surface area (Å²) >= 11 is 0. The monoisotopic (exact) mass is 363 g/mol. The molecule has 27 heavy (non-hydrogen) atoms. The van der Waals surface area contributed by atoms with E-state index in [1.807, 2.05) is 42.5 Å². The van der Waals surface area contributed by atoms with E-state index in [0.717, 1.165) is 46.5 Å². The molecule has 3 N–H and O–H groups in total. The predicted octanol–water partition coefficient (Wildman–Crippen LogP) is 4.47. The average molecular weight is 363 g/mol. The van der Waals surface area contributed by atoms with Crippen molar-refractivity contribution in [1.82, 2.24) is 4.98 Å². The maximum Gasteiger partial charge on any atom is 0.130 e.